The summed E-state index contributed by atoms with van der Waals surface area (Å²) in [5.41, 5.74) is 1.84. The number of carbonyl (C=O) groups excluding carboxylic acids is 1. The summed E-state index contributed by atoms with van der Waals surface area (Å²) >= 11 is 13.8. The van der Waals surface area contributed by atoms with E-state index in [1.165, 1.54) is 17.8 Å². The largest absolute Gasteiger partial charge is 0.478 e. The van der Waals surface area contributed by atoms with E-state index in [4.69, 9.17) is 33.0 Å². The molecular formula is C16H13Cl2NO4S. The Morgan fingerprint density at radius 3 is 2.71 bits per heavy atom. The molecule has 0 aromatic heterocycles. The van der Waals surface area contributed by atoms with Gasteiger partial charge in [0.05, 0.1) is 10.1 Å². The van der Waals surface area contributed by atoms with Gasteiger partial charge >= 0.3 is 5.97 Å². The van der Waals surface area contributed by atoms with Crippen molar-refractivity contribution in [3.05, 3.63) is 49.4 Å². The molecule has 0 aliphatic carbocycles. The Kier molecular flexibility index (Phi) is 4.55. The molecule has 2 aliphatic heterocycles. The molecule has 5 nitrogen and oxygen atoms in total. The monoisotopic (exact) mass is 385 g/mol. The zero-order valence-corrected chi connectivity index (χ0v) is 15.1. The van der Waals surface area contributed by atoms with Crippen LogP contribution in [0.2, 0.25) is 10.0 Å². The third-order valence-electron chi connectivity index (χ3n) is 3.91. The van der Waals surface area contributed by atoms with Crippen molar-refractivity contribution in [2.45, 2.75) is 19.4 Å². The van der Waals surface area contributed by atoms with Crippen molar-refractivity contribution in [1.29, 1.82) is 0 Å². The number of fused-ring (bicyclic) bond motifs is 1. The number of ketones is 1. The van der Waals surface area contributed by atoms with E-state index in [1.807, 2.05) is 24.3 Å². The normalized spacial score (nSPS) is 20.8. The fourth-order valence-electron chi connectivity index (χ4n) is 2.44. The van der Waals surface area contributed by atoms with Gasteiger partial charge in [0.2, 0.25) is 0 Å². The Bertz CT molecular complexity index is 819. The molecule has 24 heavy (non-hydrogen) atoms. The molecule has 2 heterocycles. The molecule has 0 saturated carbocycles. The molecule has 3 rings (SSSR count). The average molecular weight is 386 g/mol. The minimum Gasteiger partial charge on any atom is -0.478 e. The first-order valence-corrected chi connectivity index (χ1v) is 8.66. The predicted octanol–water partition coefficient (Wildman–Crippen LogP) is 3.95. The maximum Gasteiger partial charge on any atom is 0.345 e. The van der Waals surface area contributed by atoms with Crippen molar-refractivity contribution in [1.82, 2.24) is 4.90 Å². The summed E-state index contributed by atoms with van der Waals surface area (Å²) in [5, 5.41) is 11.9. The van der Waals surface area contributed by atoms with Crippen LogP contribution in [0.4, 0.5) is 0 Å². The highest BCUT2D eigenvalue weighted by molar-refractivity contribution is 8.06. The van der Waals surface area contributed by atoms with Crippen LogP contribution < -0.4 is 4.74 Å². The van der Waals surface area contributed by atoms with Crippen LogP contribution in [-0.2, 0) is 11.2 Å². The van der Waals surface area contributed by atoms with Crippen LogP contribution in [0.25, 0.3) is 0 Å². The van der Waals surface area contributed by atoms with E-state index in [2.05, 4.69) is 0 Å². The number of hydrogen-bond acceptors (Lipinski definition) is 5. The standard InChI is InChI=1S/C16H13Cl2NO4S/c1-7-6-24-12(19(7)2)5-10(20)9-3-8-4-11(16(21)22)23-15(8)14(18)13(9)17/h3,5-6,11H,4H2,1-2H3,(H,21,22)/b12-5+. The molecule has 0 radical (unpaired) electrons. The molecule has 0 bridgehead atoms. The van der Waals surface area contributed by atoms with Gasteiger partial charge in [0.1, 0.15) is 10.8 Å². The maximum atomic E-state index is 12.6. The van der Waals surface area contributed by atoms with Gasteiger partial charge in [-0.1, -0.05) is 35.0 Å². The first kappa shape index (κ1) is 17.2. The summed E-state index contributed by atoms with van der Waals surface area (Å²) in [6.45, 7) is 1.95. The van der Waals surface area contributed by atoms with Crippen LogP contribution in [0, 0.1) is 0 Å². The Labute approximate surface area is 152 Å². The molecule has 0 spiro atoms. The Morgan fingerprint density at radius 1 is 1.42 bits per heavy atom. The number of carboxylic acid groups (broad SMARTS) is 1. The van der Waals surface area contributed by atoms with E-state index in [0.717, 1.165) is 10.7 Å². The quantitative estimate of drug-likeness (QED) is 0.627. The zero-order valence-electron chi connectivity index (χ0n) is 12.8. The summed E-state index contributed by atoms with van der Waals surface area (Å²) in [7, 11) is 1.87. The number of carbonyl (C=O) groups is 2. The molecule has 0 saturated heterocycles. The summed E-state index contributed by atoms with van der Waals surface area (Å²) in [5.74, 6) is -1.14. The highest BCUT2D eigenvalue weighted by Gasteiger charge is 2.33. The molecule has 8 heteroatoms. The number of ether oxygens (including phenoxy) is 1. The van der Waals surface area contributed by atoms with Crippen molar-refractivity contribution < 1.29 is 19.4 Å². The molecule has 126 valence electrons. The number of hydrogen-bond donors (Lipinski definition) is 1. The van der Waals surface area contributed by atoms with Crippen molar-refractivity contribution in [2.24, 2.45) is 0 Å². The maximum absolute atomic E-state index is 12.6. The fourth-order valence-corrected chi connectivity index (χ4v) is 3.87. The topological polar surface area (TPSA) is 66.8 Å². The summed E-state index contributed by atoms with van der Waals surface area (Å²) in [6.07, 6.45) is 0.625. The van der Waals surface area contributed by atoms with Gasteiger partial charge in [-0.15, -0.1) is 0 Å². The van der Waals surface area contributed by atoms with Crippen molar-refractivity contribution in [2.75, 3.05) is 7.05 Å². The Balaban J connectivity index is 1.95. The van der Waals surface area contributed by atoms with E-state index in [0.29, 0.717) is 5.56 Å². The molecule has 1 N–H and O–H groups in total. The van der Waals surface area contributed by atoms with Crippen molar-refractivity contribution in [3.63, 3.8) is 0 Å². The van der Waals surface area contributed by atoms with Crippen LogP contribution in [0.3, 0.4) is 0 Å². The van der Waals surface area contributed by atoms with E-state index in [9.17, 15) is 9.59 Å². The molecular weight excluding hydrogens is 373 g/mol. The third kappa shape index (κ3) is 2.90. The smallest absolute Gasteiger partial charge is 0.345 e. The van der Waals surface area contributed by atoms with Crippen LogP contribution in [-0.4, -0.2) is 34.9 Å². The highest BCUT2D eigenvalue weighted by atomic mass is 35.5. The lowest BCUT2D eigenvalue weighted by Crippen LogP contribution is -2.24. The van der Waals surface area contributed by atoms with Gasteiger partial charge in [-0.3, -0.25) is 4.79 Å². The van der Waals surface area contributed by atoms with Gasteiger partial charge in [0.15, 0.2) is 11.9 Å². The number of benzene rings is 1. The molecule has 1 aromatic rings. The van der Waals surface area contributed by atoms with Crippen molar-refractivity contribution >= 4 is 46.7 Å². The second kappa shape index (κ2) is 6.35. The molecule has 1 atom stereocenters. The highest BCUT2D eigenvalue weighted by Crippen LogP contribution is 2.43. The van der Waals surface area contributed by atoms with Crippen LogP contribution >= 0.6 is 35.0 Å². The van der Waals surface area contributed by atoms with Gasteiger partial charge in [0.25, 0.3) is 0 Å². The number of nitrogens with zero attached hydrogens (tertiary/aromatic N) is 1. The second-order valence-electron chi connectivity index (χ2n) is 5.47. The number of allylic oxidation sites excluding steroid dienone is 2. The number of aliphatic carboxylic acids is 1. The molecule has 0 amide bonds. The first-order valence-electron chi connectivity index (χ1n) is 7.03. The van der Waals surface area contributed by atoms with E-state index >= 15 is 0 Å². The Hall–Kier alpha value is -1.63. The lowest BCUT2D eigenvalue weighted by atomic mass is 10.0. The van der Waals surface area contributed by atoms with Crippen LogP contribution in [0.1, 0.15) is 22.8 Å². The summed E-state index contributed by atoms with van der Waals surface area (Å²) in [6, 6.07) is 1.56. The van der Waals surface area contributed by atoms with Gasteiger partial charge < -0.3 is 14.7 Å². The van der Waals surface area contributed by atoms with Gasteiger partial charge in [0, 0.05) is 36.4 Å². The minimum atomic E-state index is -1.08. The molecule has 1 unspecified atom stereocenters. The minimum absolute atomic E-state index is 0.0682. The number of rotatable bonds is 3. The van der Waals surface area contributed by atoms with E-state index in [1.54, 1.807) is 6.07 Å². The SMILES string of the molecule is CC1=CS/C(=C/C(=O)c2cc3c(c(Cl)c2Cl)OC(C(=O)O)C3)N1C. The number of thioether (sulfide) groups is 1. The van der Waals surface area contributed by atoms with Crippen LogP contribution in [0.15, 0.2) is 28.3 Å². The zero-order chi connectivity index (χ0) is 17.6. The number of halogens is 2. The predicted molar refractivity (Wildman–Crippen MR) is 93.7 cm³/mol. The van der Waals surface area contributed by atoms with Crippen LogP contribution in [0.5, 0.6) is 5.75 Å². The fraction of sp³-hybridized carbons (Fsp3) is 0.250. The summed E-state index contributed by atoms with van der Waals surface area (Å²) in [4.78, 5) is 25.6. The summed E-state index contributed by atoms with van der Waals surface area (Å²) < 4.78 is 5.32. The lowest BCUT2D eigenvalue weighted by molar-refractivity contribution is -0.144. The van der Waals surface area contributed by atoms with Crippen molar-refractivity contribution in [3.8, 4) is 5.75 Å². The molecule has 0 fully saturated rings. The number of carboxylic acids is 1. The molecule has 1 aromatic carbocycles. The third-order valence-corrected chi connectivity index (χ3v) is 5.85. The second-order valence-corrected chi connectivity index (χ2v) is 7.12. The lowest BCUT2D eigenvalue weighted by Gasteiger charge is -2.14. The van der Waals surface area contributed by atoms with E-state index < -0.39 is 12.1 Å². The first-order chi connectivity index (χ1) is 11.3. The Morgan fingerprint density at radius 2 is 2.12 bits per heavy atom. The van der Waals surface area contributed by atoms with Gasteiger partial charge in [-0.2, -0.15) is 0 Å². The molecule has 2 aliphatic rings. The van der Waals surface area contributed by atoms with Gasteiger partial charge in [-0.25, -0.2) is 4.79 Å². The van der Waals surface area contributed by atoms with E-state index in [-0.39, 0.29) is 33.6 Å². The average Bonchev–Trinajstić information content (AvgIpc) is 3.10. The van der Waals surface area contributed by atoms with Gasteiger partial charge in [-0.05, 0) is 18.4 Å².